The molecule has 0 bridgehead atoms. The lowest BCUT2D eigenvalue weighted by Crippen LogP contribution is -2.23. The fraction of sp³-hybridized carbons (Fsp3) is 0.308. The molecule has 0 spiro atoms. The third kappa shape index (κ3) is 4.18. The molecular weight excluding hydrogens is 372 g/mol. The van der Waals surface area contributed by atoms with Crippen LogP contribution in [0.4, 0.5) is 23.2 Å². The molecule has 0 fully saturated rings. The van der Waals surface area contributed by atoms with Crippen molar-refractivity contribution in [3.63, 3.8) is 0 Å². The van der Waals surface area contributed by atoms with Crippen LogP contribution < -0.4 is 5.32 Å². The van der Waals surface area contributed by atoms with E-state index in [1.807, 2.05) is 0 Å². The van der Waals surface area contributed by atoms with Crippen LogP contribution in [0.2, 0.25) is 5.02 Å². The molecule has 0 saturated heterocycles. The molecule has 0 aliphatic rings. The van der Waals surface area contributed by atoms with Gasteiger partial charge in [-0.1, -0.05) is 23.4 Å². The molecule has 2 aromatic rings. The van der Waals surface area contributed by atoms with Gasteiger partial charge in [0.05, 0.1) is 16.0 Å². The van der Waals surface area contributed by atoms with Crippen LogP contribution in [0, 0.1) is 5.82 Å². The number of amides is 1. The third-order valence-corrected chi connectivity index (χ3v) is 4.38. The molecule has 0 radical (unpaired) electrons. The second-order valence-electron chi connectivity index (χ2n) is 4.74. The highest BCUT2D eigenvalue weighted by atomic mass is 35.5. The topological polar surface area (TPSA) is 59.8 Å². The monoisotopic (exact) mass is 382 g/mol. The summed E-state index contributed by atoms with van der Waals surface area (Å²) in [5.74, 6) is -2.23. The maximum Gasteiger partial charge on any atom is 0.451 e. The number of rotatable bonds is 4. The quantitative estimate of drug-likeness (QED) is 0.646. The van der Waals surface area contributed by atoms with Crippen molar-refractivity contribution in [3.8, 4) is 0 Å². The van der Waals surface area contributed by atoms with Crippen LogP contribution in [-0.2, 0) is 18.0 Å². The predicted octanol–water partition coefficient (Wildman–Crippen LogP) is 3.75. The van der Waals surface area contributed by atoms with Crippen LogP contribution in [0.3, 0.4) is 0 Å². The van der Waals surface area contributed by atoms with Crippen molar-refractivity contribution < 1.29 is 22.4 Å². The summed E-state index contributed by atoms with van der Waals surface area (Å²) in [6.07, 6.45) is -4.63. The highest BCUT2D eigenvalue weighted by Crippen LogP contribution is 2.31. The van der Waals surface area contributed by atoms with Crippen molar-refractivity contribution in [3.05, 3.63) is 34.9 Å². The zero-order valence-corrected chi connectivity index (χ0v) is 13.9. The smallest absolute Gasteiger partial charge is 0.324 e. The zero-order chi connectivity index (χ0) is 18.1. The number of anilines is 1. The Kier molecular flexibility index (Phi) is 5.38. The molecular formula is C13H11ClF4N4OS. The molecule has 130 valence electrons. The minimum atomic E-state index is -4.63. The minimum Gasteiger partial charge on any atom is -0.324 e. The van der Waals surface area contributed by atoms with Crippen molar-refractivity contribution in [2.24, 2.45) is 7.05 Å². The van der Waals surface area contributed by atoms with E-state index in [0.717, 1.165) is 35.5 Å². The largest absolute Gasteiger partial charge is 0.451 e. The Morgan fingerprint density at radius 1 is 1.38 bits per heavy atom. The average Bonchev–Trinajstić information content (AvgIpc) is 2.83. The first-order valence-electron chi connectivity index (χ1n) is 6.48. The van der Waals surface area contributed by atoms with E-state index in [1.54, 1.807) is 0 Å². The molecule has 0 saturated carbocycles. The van der Waals surface area contributed by atoms with Gasteiger partial charge in [0, 0.05) is 7.05 Å². The van der Waals surface area contributed by atoms with E-state index in [0.29, 0.717) is 0 Å². The zero-order valence-electron chi connectivity index (χ0n) is 12.4. The Morgan fingerprint density at radius 3 is 2.58 bits per heavy atom. The molecule has 1 aromatic heterocycles. The first-order valence-corrected chi connectivity index (χ1v) is 7.74. The summed E-state index contributed by atoms with van der Waals surface area (Å²) in [6.45, 7) is 1.49. The van der Waals surface area contributed by atoms with Crippen molar-refractivity contribution in [2.75, 3.05) is 5.32 Å². The lowest BCUT2D eigenvalue weighted by Gasteiger charge is -2.13. The van der Waals surface area contributed by atoms with Crippen molar-refractivity contribution >= 4 is 35.0 Å². The van der Waals surface area contributed by atoms with Gasteiger partial charge in [0.1, 0.15) is 5.82 Å². The Balaban J connectivity index is 2.08. The van der Waals surface area contributed by atoms with Crippen LogP contribution >= 0.6 is 23.4 Å². The number of hydrogen-bond acceptors (Lipinski definition) is 4. The van der Waals surface area contributed by atoms with E-state index in [1.165, 1.54) is 13.0 Å². The Labute approximate surface area is 143 Å². The lowest BCUT2D eigenvalue weighted by molar-refractivity contribution is -0.147. The molecule has 0 aliphatic carbocycles. The number of aromatic nitrogens is 3. The fourth-order valence-corrected chi connectivity index (χ4v) is 2.73. The van der Waals surface area contributed by atoms with Crippen LogP contribution in [-0.4, -0.2) is 25.9 Å². The first-order chi connectivity index (χ1) is 11.1. The highest BCUT2D eigenvalue weighted by molar-refractivity contribution is 8.00. The summed E-state index contributed by atoms with van der Waals surface area (Å²) in [4.78, 5) is 12.1. The molecule has 2 rings (SSSR count). The fourth-order valence-electron chi connectivity index (χ4n) is 1.70. The Hall–Kier alpha value is -1.81. The molecule has 1 atom stereocenters. The molecule has 1 heterocycles. The summed E-state index contributed by atoms with van der Waals surface area (Å²) >= 11 is 6.61. The van der Waals surface area contributed by atoms with Crippen LogP contribution in [0.15, 0.2) is 23.4 Å². The molecule has 1 N–H and O–H groups in total. The molecule has 24 heavy (non-hydrogen) atoms. The number of nitrogens with one attached hydrogen (secondary N) is 1. The van der Waals surface area contributed by atoms with Crippen molar-refractivity contribution in [1.82, 2.24) is 14.8 Å². The van der Waals surface area contributed by atoms with Crippen molar-refractivity contribution in [1.29, 1.82) is 0 Å². The molecule has 0 unspecified atom stereocenters. The standard InChI is InChI=1S/C13H11ClF4N4OS/c1-6(10(23)19-9-4-3-7(15)5-8(9)14)24-12-21-20-11(22(12)2)13(16,17)18/h3-6H,1-2H3,(H,19,23)/t6-/m0/s1. The number of carbonyl (C=O) groups excluding carboxylic acids is 1. The van der Waals surface area contributed by atoms with E-state index in [-0.39, 0.29) is 15.9 Å². The van der Waals surface area contributed by atoms with Gasteiger partial charge in [0.15, 0.2) is 5.16 Å². The SMILES string of the molecule is C[C@H](Sc1nnc(C(F)(F)F)n1C)C(=O)Nc1ccc(F)cc1Cl. The van der Waals surface area contributed by atoms with E-state index < -0.39 is 29.0 Å². The number of benzene rings is 1. The maximum absolute atomic E-state index is 13.0. The van der Waals surface area contributed by atoms with Crippen LogP contribution in [0.1, 0.15) is 12.7 Å². The summed E-state index contributed by atoms with van der Waals surface area (Å²) in [5, 5.41) is 8.17. The number of nitrogens with zero attached hydrogens (tertiary/aromatic N) is 3. The summed E-state index contributed by atoms with van der Waals surface area (Å²) < 4.78 is 51.7. The Bertz CT molecular complexity index is 765. The lowest BCUT2D eigenvalue weighted by atomic mass is 10.3. The van der Waals surface area contributed by atoms with E-state index in [4.69, 9.17) is 11.6 Å². The van der Waals surface area contributed by atoms with E-state index >= 15 is 0 Å². The van der Waals surface area contributed by atoms with Gasteiger partial charge in [-0.25, -0.2) is 4.39 Å². The van der Waals surface area contributed by atoms with Gasteiger partial charge in [0.25, 0.3) is 0 Å². The van der Waals surface area contributed by atoms with Gasteiger partial charge >= 0.3 is 6.18 Å². The van der Waals surface area contributed by atoms with Gasteiger partial charge < -0.3 is 9.88 Å². The van der Waals surface area contributed by atoms with Crippen LogP contribution in [0.25, 0.3) is 0 Å². The molecule has 1 aromatic carbocycles. The van der Waals surface area contributed by atoms with Gasteiger partial charge in [-0.15, -0.1) is 10.2 Å². The van der Waals surface area contributed by atoms with Gasteiger partial charge in [-0.2, -0.15) is 13.2 Å². The highest BCUT2D eigenvalue weighted by Gasteiger charge is 2.37. The predicted molar refractivity (Wildman–Crippen MR) is 81.4 cm³/mol. The number of alkyl halides is 3. The molecule has 1 amide bonds. The molecule has 11 heteroatoms. The minimum absolute atomic E-state index is 0.0126. The molecule has 0 aliphatic heterocycles. The number of carbonyl (C=O) groups is 1. The van der Waals surface area contributed by atoms with Gasteiger partial charge in [-0.05, 0) is 25.1 Å². The van der Waals surface area contributed by atoms with Crippen LogP contribution in [0.5, 0.6) is 0 Å². The molecule has 5 nitrogen and oxygen atoms in total. The summed E-state index contributed by atoms with van der Waals surface area (Å²) in [6, 6.07) is 3.45. The number of hydrogen-bond donors (Lipinski definition) is 1. The number of halogens is 5. The van der Waals surface area contributed by atoms with E-state index in [2.05, 4.69) is 15.5 Å². The third-order valence-electron chi connectivity index (χ3n) is 2.93. The van der Waals surface area contributed by atoms with Gasteiger partial charge in [-0.3, -0.25) is 4.79 Å². The first kappa shape index (κ1) is 18.5. The number of thioether (sulfide) groups is 1. The van der Waals surface area contributed by atoms with E-state index in [9.17, 15) is 22.4 Å². The van der Waals surface area contributed by atoms with Crippen molar-refractivity contribution in [2.45, 2.75) is 23.5 Å². The normalized spacial score (nSPS) is 13.0. The second kappa shape index (κ2) is 6.98. The summed E-state index contributed by atoms with van der Waals surface area (Å²) in [5.41, 5.74) is 0.199. The van der Waals surface area contributed by atoms with Gasteiger partial charge in [0.2, 0.25) is 11.7 Å². The second-order valence-corrected chi connectivity index (χ2v) is 6.45. The Morgan fingerprint density at radius 2 is 2.04 bits per heavy atom. The summed E-state index contributed by atoms with van der Waals surface area (Å²) in [7, 11) is 1.16. The maximum atomic E-state index is 13.0. The average molecular weight is 383 g/mol.